The number of fused-ring (bicyclic) bond motifs is 1. The quantitative estimate of drug-likeness (QED) is 0.679. The van der Waals surface area contributed by atoms with E-state index in [0.717, 1.165) is 16.2 Å². The molecule has 8 heteroatoms. The lowest BCUT2D eigenvalue weighted by atomic mass is 10.4. The second kappa shape index (κ2) is 4.30. The second-order valence-corrected chi connectivity index (χ2v) is 4.60. The number of hydrogen-bond donors (Lipinski definition) is 0. The Labute approximate surface area is 107 Å². The first-order valence-corrected chi connectivity index (χ1v) is 6.05. The van der Waals surface area contributed by atoms with Gasteiger partial charge in [-0.3, -0.25) is 0 Å². The number of tetrazole rings is 1. The molecule has 0 aliphatic rings. The highest BCUT2D eigenvalue weighted by molar-refractivity contribution is 7.99. The summed E-state index contributed by atoms with van der Waals surface area (Å²) in [4.78, 5) is 13.1. The van der Waals surface area contributed by atoms with Crippen molar-refractivity contribution in [2.45, 2.75) is 17.1 Å². The van der Waals surface area contributed by atoms with Gasteiger partial charge in [0.2, 0.25) is 5.16 Å². The van der Waals surface area contributed by atoms with Gasteiger partial charge < -0.3 is 0 Å². The van der Waals surface area contributed by atoms with Crippen LogP contribution in [0, 0.1) is 6.92 Å². The molecule has 0 bridgehead atoms. The summed E-state index contributed by atoms with van der Waals surface area (Å²) in [7, 11) is 1.78. The zero-order valence-corrected chi connectivity index (χ0v) is 10.6. The number of aromatic nitrogens is 7. The van der Waals surface area contributed by atoms with Crippen molar-refractivity contribution >= 4 is 22.9 Å². The van der Waals surface area contributed by atoms with Crippen LogP contribution in [0.1, 0.15) is 5.69 Å². The van der Waals surface area contributed by atoms with Gasteiger partial charge in [0.1, 0.15) is 10.5 Å². The lowest BCUT2D eigenvalue weighted by Crippen LogP contribution is -1.97. The second-order valence-electron chi connectivity index (χ2n) is 3.65. The maximum Gasteiger partial charge on any atom is 0.215 e. The fraction of sp³-hybridized carbons (Fsp3) is 0.200. The third-order valence-corrected chi connectivity index (χ3v) is 3.45. The molecule has 0 aliphatic heterocycles. The summed E-state index contributed by atoms with van der Waals surface area (Å²) in [6, 6.07) is 3.73. The number of pyridine rings is 1. The average molecular weight is 259 g/mol. The Morgan fingerprint density at radius 1 is 1.28 bits per heavy atom. The molecule has 3 heterocycles. The van der Waals surface area contributed by atoms with Gasteiger partial charge in [0.15, 0.2) is 5.65 Å². The van der Waals surface area contributed by atoms with Gasteiger partial charge in [-0.25, -0.2) is 19.6 Å². The van der Waals surface area contributed by atoms with Crippen molar-refractivity contribution in [1.29, 1.82) is 0 Å². The topological polar surface area (TPSA) is 82.3 Å². The van der Waals surface area contributed by atoms with Crippen molar-refractivity contribution in [3.8, 4) is 0 Å². The molecule has 0 spiro atoms. The molecule has 0 saturated carbocycles. The Bertz CT molecular complexity index is 708. The normalized spacial score (nSPS) is 11.0. The highest BCUT2D eigenvalue weighted by Gasteiger charge is 2.11. The molecule has 0 atom stereocenters. The summed E-state index contributed by atoms with van der Waals surface area (Å²) in [5.41, 5.74) is 2.25. The molecule has 0 aliphatic carbocycles. The van der Waals surface area contributed by atoms with Crippen molar-refractivity contribution in [1.82, 2.24) is 35.2 Å². The molecule has 3 aromatic heterocycles. The summed E-state index contributed by atoms with van der Waals surface area (Å²) in [6.07, 6.45) is 1.70. The number of aryl methyl sites for hydroxylation is 2. The summed E-state index contributed by atoms with van der Waals surface area (Å²) >= 11 is 1.38. The molecular formula is C10H9N7S. The van der Waals surface area contributed by atoms with Crippen LogP contribution in [0.15, 0.2) is 28.5 Å². The SMILES string of the molecule is Cc1nc2cccnc2nc1Sc1nnnn1C. The first-order chi connectivity index (χ1) is 8.74. The van der Waals surface area contributed by atoms with Gasteiger partial charge in [-0.05, 0) is 41.2 Å². The third kappa shape index (κ3) is 1.90. The van der Waals surface area contributed by atoms with Crippen molar-refractivity contribution in [2.24, 2.45) is 7.05 Å². The zero-order valence-electron chi connectivity index (χ0n) is 9.77. The van der Waals surface area contributed by atoms with Crippen LogP contribution in [-0.4, -0.2) is 35.2 Å². The van der Waals surface area contributed by atoms with Gasteiger partial charge >= 0.3 is 0 Å². The van der Waals surface area contributed by atoms with Crippen LogP contribution in [0.3, 0.4) is 0 Å². The van der Waals surface area contributed by atoms with Gasteiger partial charge in [0, 0.05) is 13.2 Å². The Kier molecular flexibility index (Phi) is 2.63. The Hall–Kier alpha value is -2.09. The minimum atomic E-state index is 0.626. The van der Waals surface area contributed by atoms with Crippen LogP contribution in [-0.2, 0) is 7.05 Å². The van der Waals surface area contributed by atoms with Crippen LogP contribution in [0.25, 0.3) is 11.2 Å². The van der Waals surface area contributed by atoms with Gasteiger partial charge in [-0.2, -0.15) is 0 Å². The van der Waals surface area contributed by atoms with E-state index in [1.165, 1.54) is 11.8 Å². The molecule has 0 fully saturated rings. The largest absolute Gasteiger partial charge is 0.247 e. The van der Waals surface area contributed by atoms with E-state index in [1.807, 2.05) is 19.1 Å². The minimum absolute atomic E-state index is 0.626. The first kappa shape index (κ1) is 11.0. The fourth-order valence-electron chi connectivity index (χ4n) is 1.46. The standard InChI is InChI=1S/C10H9N7S/c1-6-9(18-10-14-15-16-17(10)2)13-8-7(12-6)4-3-5-11-8/h3-5H,1-2H3. The summed E-state index contributed by atoms with van der Waals surface area (Å²) in [6.45, 7) is 1.91. The van der Waals surface area contributed by atoms with Crippen molar-refractivity contribution in [3.63, 3.8) is 0 Å². The monoisotopic (exact) mass is 259 g/mol. The van der Waals surface area contributed by atoms with Crippen LogP contribution < -0.4 is 0 Å². The molecule has 90 valence electrons. The molecule has 0 radical (unpaired) electrons. The average Bonchev–Trinajstić information content (AvgIpc) is 2.76. The third-order valence-electron chi connectivity index (χ3n) is 2.34. The number of rotatable bonds is 2. The predicted octanol–water partition coefficient (Wildman–Crippen LogP) is 1.01. The van der Waals surface area contributed by atoms with E-state index in [2.05, 4.69) is 30.5 Å². The highest BCUT2D eigenvalue weighted by atomic mass is 32.2. The molecular weight excluding hydrogens is 250 g/mol. The number of nitrogens with zero attached hydrogens (tertiary/aromatic N) is 7. The molecule has 3 aromatic rings. The lowest BCUT2D eigenvalue weighted by molar-refractivity contribution is 0.664. The molecule has 0 saturated heterocycles. The smallest absolute Gasteiger partial charge is 0.215 e. The first-order valence-electron chi connectivity index (χ1n) is 5.23. The van der Waals surface area contributed by atoms with Gasteiger partial charge in [0.25, 0.3) is 0 Å². The summed E-state index contributed by atoms with van der Waals surface area (Å²) < 4.78 is 1.59. The van der Waals surface area contributed by atoms with Crippen LogP contribution >= 0.6 is 11.8 Å². The highest BCUT2D eigenvalue weighted by Crippen LogP contribution is 2.26. The van der Waals surface area contributed by atoms with E-state index in [0.29, 0.717) is 10.8 Å². The van der Waals surface area contributed by atoms with Crippen molar-refractivity contribution < 1.29 is 0 Å². The Morgan fingerprint density at radius 2 is 2.17 bits per heavy atom. The predicted molar refractivity (Wildman–Crippen MR) is 65.0 cm³/mol. The molecule has 0 N–H and O–H groups in total. The number of hydrogen-bond acceptors (Lipinski definition) is 7. The van der Waals surface area contributed by atoms with Gasteiger partial charge in [0.05, 0.1) is 5.69 Å². The fourth-order valence-corrected chi connectivity index (χ4v) is 2.20. The van der Waals surface area contributed by atoms with Crippen LogP contribution in [0.2, 0.25) is 0 Å². The molecule has 7 nitrogen and oxygen atoms in total. The Balaban J connectivity index is 2.06. The van der Waals surface area contributed by atoms with E-state index in [-0.39, 0.29) is 0 Å². The Morgan fingerprint density at radius 3 is 2.94 bits per heavy atom. The summed E-state index contributed by atoms with van der Waals surface area (Å²) in [5, 5.41) is 12.7. The van der Waals surface area contributed by atoms with Crippen molar-refractivity contribution in [3.05, 3.63) is 24.0 Å². The summed E-state index contributed by atoms with van der Waals surface area (Å²) in [5.74, 6) is 0. The maximum atomic E-state index is 4.47. The molecule has 18 heavy (non-hydrogen) atoms. The van der Waals surface area contributed by atoms with E-state index >= 15 is 0 Å². The zero-order chi connectivity index (χ0) is 12.5. The van der Waals surface area contributed by atoms with Gasteiger partial charge in [-0.1, -0.05) is 0 Å². The van der Waals surface area contributed by atoms with E-state index in [9.17, 15) is 0 Å². The minimum Gasteiger partial charge on any atom is -0.247 e. The van der Waals surface area contributed by atoms with Crippen LogP contribution in [0.4, 0.5) is 0 Å². The van der Waals surface area contributed by atoms with Crippen LogP contribution in [0.5, 0.6) is 0 Å². The molecule has 0 unspecified atom stereocenters. The van der Waals surface area contributed by atoms with E-state index in [4.69, 9.17) is 0 Å². The lowest BCUT2D eigenvalue weighted by Gasteiger charge is -2.03. The molecule has 3 rings (SSSR count). The molecule has 0 aromatic carbocycles. The van der Waals surface area contributed by atoms with E-state index < -0.39 is 0 Å². The van der Waals surface area contributed by atoms with Crippen molar-refractivity contribution in [2.75, 3.05) is 0 Å². The van der Waals surface area contributed by atoms with Gasteiger partial charge in [-0.15, -0.1) is 5.10 Å². The maximum absolute atomic E-state index is 4.47. The van der Waals surface area contributed by atoms with E-state index in [1.54, 1.807) is 17.9 Å². The molecule has 0 amide bonds.